The van der Waals surface area contributed by atoms with E-state index in [9.17, 15) is 4.79 Å². The van der Waals surface area contributed by atoms with E-state index >= 15 is 0 Å². The van der Waals surface area contributed by atoms with Gasteiger partial charge in [0.15, 0.2) is 0 Å². The number of hydrogen-bond donors (Lipinski definition) is 1. The summed E-state index contributed by atoms with van der Waals surface area (Å²) in [5.41, 5.74) is 1.98. The van der Waals surface area contributed by atoms with Crippen LogP contribution in [0, 0.1) is 0 Å². The van der Waals surface area contributed by atoms with Crippen molar-refractivity contribution in [3.05, 3.63) is 24.3 Å². The Kier molecular flexibility index (Phi) is 6.63. The van der Waals surface area contributed by atoms with E-state index in [1.54, 1.807) is 0 Å². The van der Waals surface area contributed by atoms with Crippen molar-refractivity contribution in [2.24, 2.45) is 0 Å². The average molecular weight is 358 g/mol. The average Bonchev–Trinajstić information content (AvgIpc) is 3.29. The molecule has 1 aromatic carbocycles. The molecule has 1 fully saturated rings. The van der Waals surface area contributed by atoms with Crippen LogP contribution in [-0.4, -0.2) is 52.7 Å². The van der Waals surface area contributed by atoms with Gasteiger partial charge in [0.1, 0.15) is 0 Å². The molecular weight excluding hydrogens is 328 g/mol. The summed E-state index contributed by atoms with van der Waals surface area (Å²) < 4.78 is 7.73. The number of anilines is 1. The van der Waals surface area contributed by atoms with E-state index in [2.05, 4.69) is 39.7 Å². The molecular formula is C20H30N4O2. The summed E-state index contributed by atoms with van der Waals surface area (Å²) in [4.78, 5) is 19.4. The Morgan fingerprint density at radius 1 is 1.35 bits per heavy atom. The van der Waals surface area contributed by atoms with Crippen LogP contribution in [-0.2, 0) is 16.1 Å². The van der Waals surface area contributed by atoms with Crippen LogP contribution in [0.3, 0.4) is 0 Å². The molecule has 0 saturated carbocycles. The number of rotatable bonds is 9. The van der Waals surface area contributed by atoms with Gasteiger partial charge in [0.05, 0.1) is 17.1 Å². The Bertz CT molecular complexity index is 718. The highest BCUT2D eigenvalue weighted by molar-refractivity contribution is 5.91. The zero-order valence-corrected chi connectivity index (χ0v) is 15.9. The predicted octanol–water partition coefficient (Wildman–Crippen LogP) is 3.28. The molecule has 1 aromatic heterocycles. The highest BCUT2D eigenvalue weighted by Gasteiger charge is 2.18. The van der Waals surface area contributed by atoms with Crippen molar-refractivity contribution in [2.45, 2.75) is 52.2 Å². The van der Waals surface area contributed by atoms with Gasteiger partial charge in [0, 0.05) is 26.1 Å². The van der Waals surface area contributed by atoms with Crippen LogP contribution in [0.15, 0.2) is 24.3 Å². The van der Waals surface area contributed by atoms with E-state index < -0.39 is 0 Å². The third-order valence-corrected chi connectivity index (χ3v) is 5.16. The van der Waals surface area contributed by atoms with E-state index in [1.165, 1.54) is 0 Å². The number of nitrogens with one attached hydrogen (secondary N) is 1. The predicted molar refractivity (Wildman–Crippen MR) is 104 cm³/mol. The maximum atomic E-state index is 12.4. The molecule has 1 N–H and O–H groups in total. The SMILES string of the molecule is CCN(CC)CCn1c(NC(=O)CCC2CCCO2)nc2ccccc21. The van der Waals surface area contributed by atoms with Gasteiger partial charge in [0.2, 0.25) is 11.9 Å². The molecule has 0 radical (unpaired) electrons. The molecule has 1 aliphatic rings. The number of aromatic nitrogens is 2. The highest BCUT2D eigenvalue weighted by atomic mass is 16.5. The maximum absolute atomic E-state index is 12.4. The van der Waals surface area contributed by atoms with Crippen LogP contribution >= 0.6 is 0 Å². The first-order valence-corrected chi connectivity index (χ1v) is 9.80. The molecule has 3 rings (SSSR count). The molecule has 1 atom stereocenters. The van der Waals surface area contributed by atoms with Crippen LogP contribution in [0.4, 0.5) is 5.95 Å². The fourth-order valence-electron chi connectivity index (χ4n) is 3.53. The van der Waals surface area contributed by atoms with Crippen LogP contribution in [0.1, 0.15) is 39.5 Å². The maximum Gasteiger partial charge on any atom is 0.226 e. The molecule has 2 heterocycles. The number of nitrogens with zero attached hydrogens (tertiary/aromatic N) is 3. The van der Waals surface area contributed by atoms with Crippen molar-refractivity contribution in [1.82, 2.24) is 14.5 Å². The highest BCUT2D eigenvalue weighted by Crippen LogP contribution is 2.21. The Morgan fingerprint density at radius 2 is 2.15 bits per heavy atom. The monoisotopic (exact) mass is 358 g/mol. The summed E-state index contributed by atoms with van der Waals surface area (Å²) in [6, 6.07) is 8.05. The summed E-state index contributed by atoms with van der Waals surface area (Å²) >= 11 is 0. The van der Waals surface area contributed by atoms with Crippen molar-refractivity contribution in [3.63, 3.8) is 0 Å². The van der Waals surface area contributed by atoms with Gasteiger partial charge in [-0.25, -0.2) is 4.98 Å². The second-order valence-electron chi connectivity index (χ2n) is 6.82. The summed E-state index contributed by atoms with van der Waals surface area (Å²) in [6.07, 6.45) is 3.67. The first-order valence-electron chi connectivity index (χ1n) is 9.80. The third-order valence-electron chi connectivity index (χ3n) is 5.16. The fourth-order valence-corrected chi connectivity index (χ4v) is 3.53. The summed E-state index contributed by atoms with van der Waals surface area (Å²) in [5.74, 6) is 0.663. The van der Waals surface area contributed by atoms with Crippen molar-refractivity contribution < 1.29 is 9.53 Å². The number of fused-ring (bicyclic) bond motifs is 1. The Labute approximate surface area is 155 Å². The Morgan fingerprint density at radius 3 is 2.88 bits per heavy atom. The second-order valence-corrected chi connectivity index (χ2v) is 6.82. The van der Waals surface area contributed by atoms with Crippen LogP contribution < -0.4 is 5.32 Å². The number of ether oxygens (including phenoxy) is 1. The van der Waals surface area contributed by atoms with Crippen LogP contribution in [0.2, 0.25) is 0 Å². The summed E-state index contributed by atoms with van der Waals surface area (Å²) in [7, 11) is 0. The summed E-state index contributed by atoms with van der Waals surface area (Å²) in [6.45, 7) is 8.95. The molecule has 0 aliphatic carbocycles. The number of carbonyl (C=O) groups excluding carboxylic acids is 1. The standard InChI is InChI=1S/C20H30N4O2/c1-3-23(4-2)13-14-24-18-10-6-5-9-17(18)21-20(24)22-19(25)12-11-16-8-7-15-26-16/h5-6,9-10,16H,3-4,7-8,11-15H2,1-2H3,(H,21,22,25). The van der Waals surface area contributed by atoms with Gasteiger partial charge in [-0.15, -0.1) is 0 Å². The summed E-state index contributed by atoms with van der Waals surface area (Å²) in [5, 5.41) is 3.02. The smallest absolute Gasteiger partial charge is 0.226 e. The van der Waals surface area contributed by atoms with Gasteiger partial charge in [-0.1, -0.05) is 26.0 Å². The fraction of sp³-hybridized carbons (Fsp3) is 0.600. The Balaban J connectivity index is 1.69. The van der Waals surface area contributed by atoms with Gasteiger partial charge < -0.3 is 14.2 Å². The molecule has 1 unspecified atom stereocenters. The number of amides is 1. The number of likely N-dealkylation sites (N-methyl/N-ethyl adjacent to an activating group) is 1. The zero-order valence-electron chi connectivity index (χ0n) is 15.9. The van der Waals surface area contributed by atoms with Crippen molar-refractivity contribution in [1.29, 1.82) is 0 Å². The van der Waals surface area contributed by atoms with E-state index in [1.807, 2.05) is 18.2 Å². The van der Waals surface area contributed by atoms with E-state index in [-0.39, 0.29) is 12.0 Å². The molecule has 1 saturated heterocycles. The van der Waals surface area contributed by atoms with E-state index in [0.29, 0.717) is 12.4 Å². The first-order chi connectivity index (χ1) is 12.7. The molecule has 2 aromatic rings. The minimum Gasteiger partial charge on any atom is -0.378 e. The number of hydrogen-bond acceptors (Lipinski definition) is 4. The minimum atomic E-state index is 0.0138. The van der Waals surface area contributed by atoms with Gasteiger partial charge >= 0.3 is 0 Å². The number of para-hydroxylation sites is 2. The topological polar surface area (TPSA) is 59.4 Å². The van der Waals surface area contributed by atoms with Crippen molar-refractivity contribution >= 4 is 22.9 Å². The van der Waals surface area contributed by atoms with Gasteiger partial charge in [0.25, 0.3) is 0 Å². The van der Waals surface area contributed by atoms with E-state index in [4.69, 9.17) is 4.74 Å². The molecule has 26 heavy (non-hydrogen) atoms. The van der Waals surface area contributed by atoms with Crippen molar-refractivity contribution in [3.8, 4) is 0 Å². The lowest BCUT2D eigenvalue weighted by atomic mass is 10.1. The van der Waals surface area contributed by atoms with Crippen molar-refractivity contribution in [2.75, 3.05) is 31.6 Å². The lowest BCUT2D eigenvalue weighted by Crippen LogP contribution is -2.27. The normalized spacial score (nSPS) is 17.3. The molecule has 6 nitrogen and oxygen atoms in total. The number of benzene rings is 1. The largest absolute Gasteiger partial charge is 0.378 e. The first kappa shape index (κ1) is 18.9. The minimum absolute atomic E-state index is 0.0138. The van der Waals surface area contributed by atoms with E-state index in [0.717, 1.165) is 63.1 Å². The van der Waals surface area contributed by atoms with Gasteiger partial charge in [-0.3, -0.25) is 10.1 Å². The quantitative estimate of drug-likeness (QED) is 0.747. The molecule has 6 heteroatoms. The third kappa shape index (κ3) is 4.62. The molecule has 1 aliphatic heterocycles. The van der Waals surface area contributed by atoms with Crippen LogP contribution in [0.5, 0.6) is 0 Å². The molecule has 0 spiro atoms. The number of imidazole rings is 1. The van der Waals surface area contributed by atoms with Crippen LogP contribution in [0.25, 0.3) is 11.0 Å². The molecule has 1 amide bonds. The number of carbonyl (C=O) groups is 1. The van der Waals surface area contributed by atoms with Gasteiger partial charge in [-0.05, 0) is 44.5 Å². The lowest BCUT2D eigenvalue weighted by Gasteiger charge is -2.19. The Hall–Kier alpha value is -1.92. The van der Waals surface area contributed by atoms with Gasteiger partial charge in [-0.2, -0.15) is 0 Å². The molecule has 0 bridgehead atoms. The zero-order chi connectivity index (χ0) is 18.4. The second kappa shape index (κ2) is 9.14. The molecule has 142 valence electrons. The lowest BCUT2D eigenvalue weighted by molar-refractivity contribution is -0.116.